The highest BCUT2D eigenvalue weighted by Gasteiger charge is 2.44. The third-order valence-corrected chi connectivity index (χ3v) is 9.41. The average molecular weight is 566 g/mol. The van der Waals surface area contributed by atoms with Crippen LogP contribution < -0.4 is 0 Å². The topological polar surface area (TPSA) is 73.3 Å². The summed E-state index contributed by atoms with van der Waals surface area (Å²) in [6.45, 7) is 6.61. The lowest BCUT2D eigenvalue weighted by Gasteiger charge is -2.39. The summed E-state index contributed by atoms with van der Waals surface area (Å²) in [6.07, 6.45) is 6.14. The Balaban J connectivity index is 1.18. The number of carbonyl (C=O) groups is 2. The number of carboxylic acids is 1. The predicted octanol–water partition coefficient (Wildman–Crippen LogP) is 5.75. The third-order valence-electron chi connectivity index (χ3n) is 9.41. The Kier molecular flexibility index (Phi) is 9.93. The van der Waals surface area contributed by atoms with Crippen LogP contribution in [0.25, 0.3) is 0 Å². The normalized spacial score (nSPS) is 25.8. The summed E-state index contributed by atoms with van der Waals surface area (Å²) in [5.74, 6) is -0.0892. The molecule has 0 aromatic heterocycles. The molecule has 1 unspecified atom stereocenters. The molecule has 4 atom stereocenters. The number of aliphatic carboxylic acids is 1. The maximum absolute atomic E-state index is 13.2. The number of hydrogen-bond donors (Lipinski definition) is 1. The van der Waals surface area contributed by atoms with E-state index < -0.39 is 5.97 Å². The van der Waals surface area contributed by atoms with Crippen LogP contribution in [0.15, 0.2) is 54.6 Å². The summed E-state index contributed by atoms with van der Waals surface area (Å²) in [6, 6.07) is 16.9. The number of rotatable bonds is 10. The average Bonchev–Trinajstić information content (AvgIpc) is 3.64. The summed E-state index contributed by atoms with van der Waals surface area (Å²) in [4.78, 5) is 31.7. The van der Waals surface area contributed by atoms with Gasteiger partial charge >= 0.3 is 12.1 Å². The fraction of sp³-hybridized carbons (Fsp3) is 0.576. The molecule has 1 amide bonds. The second-order valence-electron chi connectivity index (χ2n) is 12.0. The van der Waals surface area contributed by atoms with Crippen LogP contribution in [0.4, 0.5) is 9.18 Å². The van der Waals surface area contributed by atoms with E-state index in [1.54, 1.807) is 12.1 Å². The molecule has 1 aliphatic carbocycles. The van der Waals surface area contributed by atoms with Gasteiger partial charge in [0.2, 0.25) is 0 Å². The Morgan fingerprint density at radius 2 is 1.73 bits per heavy atom. The Hall–Kier alpha value is -2.97. The first-order chi connectivity index (χ1) is 19.9. The quantitative estimate of drug-likeness (QED) is 0.396. The Labute approximate surface area is 243 Å². The minimum absolute atomic E-state index is 0.141. The summed E-state index contributed by atoms with van der Waals surface area (Å²) in [7, 11) is 0. The van der Waals surface area contributed by atoms with Crippen LogP contribution in [0.3, 0.4) is 0 Å². The zero-order chi connectivity index (χ0) is 28.8. The SMILES string of the molecule is CCCN(C(=O)OCc1ccc(F)cc1)C1CCN(C[C@H]2CC(N3CCC[C@H]3C(=O)O)C[C@@H]2c2ccccc2)CC1. The van der Waals surface area contributed by atoms with Gasteiger partial charge in [-0.1, -0.05) is 49.4 Å². The molecule has 3 fully saturated rings. The van der Waals surface area contributed by atoms with Crippen molar-refractivity contribution in [1.29, 1.82) is 0 Å². The zero-order valence-corrected chi connectivity index (χ0v) is 24.2. The van der Waals surface area contributed by atoms with Gasteiger partial charge in [-0.25, -0.2) is 9.18 Å². The van der Waals surface area contributed by atoms with E-state index in [1.165, 1.54) is 17.7 Å². The van der Waals surface area contributed by atoms with E-state index in [0.717, 1.165) is 76.7 Å². The van der Waals surface area contributed by atoms with Crippen molar-refractivity contribution in [3.63, 3.8) is 0 Å². The van der Waals surface area contributed by atoms with Gasteiger partial charge < -0.3 is 19.6 Å². The molecule has 2 aromatic carbocycles. The van der Waals surface area contributed by atoms with E-state index in [0.29, 0.717) is 24.4 Å². The number of nitrogens with zero attached hydrogens (tertiary/aromatic N) is 3. The minimum atomic E-state index is -0.683. The van der Waals surface area contributed by atoms with Crippen molar-refractivity contribution in [3.8, 4) is 0 Å². The van der Waals surface area contributed by atoms with Crippen LogP contribution >= 0.6 is 0 Å². The van der Waals surface area contributed by atoms with Crippen molar-refractivity contribution in [3.05, 3.63) is 71.5 Å². The number of ether oxygens (including phenoxy) is 1. The van der Waals surface area contributed by atoms with Crippen LogP contribution in [0.2, 0.25) is 0 Å². The Morgan fingerprint density at radius 1 is 1.00 bits per heavy atom. The van der Waals surface area contributed by atoms with E-state index in [-0.39, 0.29) is 30.6 Å². The largest absolute Gasteiger partial charge is 0.480 e. The molecular formula is C33H44FN3O4. The number of amides is 1. The van der Waals surface area contributed by atoms with Gasteiger partial charge in [-0.15, -0.1) is 0 Å². The molecule has 3 aliphatic rings. The lowest BCUT2D eigenvalue weighted by molar-refractivity contribution is -0.142. The zero-order valence-electron chi connectivity index (χ0n) is 24.2. The highest BCUT2D eigenvalue weighted by molar-refractivity contribution is 5.73. The van der Waals surface area contributed by atoms with Gasteiger partial charge in [0.25, 0.3) is 0 Å². The molecule has 7 nitrogen and oxygen atoms in total. The van der Waals surface area contributed by atoms with Gasteiger partial charge in [0.1, 0.15) is 18.5 Å². The summed E-state index contributed by atoms with van der Waals surface area (Å²) in [5, 5.41) is 9.80. The third kappa shape index (κ3) is 7.28. The summed E-state index contributed by atoms with van der Waals surface area (Å²) < 4.78 is 18.8. The van der Waals surface area contributed by atoms with Crippen molar-refractivity contribution in [2.24, 2.45) is 5.92 Å². The number of piperidine rings is 1. The summed E-state index contributed by atoms with van der Waals surface area (Å²) >= 11 is 0. The summed E-state index contributed by atoms with van der Waals surface area (Å²) in [5.41, 5.74) is 2.14. The van der Waals surface area contributed by atoms with Gasteiger partial charge in [-0.2, -0.15) is 0 Å². The standard InChI is InChI=1S/C33H44FN3O4/c1-2-16-37(33(40)41-23-24-10-12-27(34)13-11-24)28-14-18-35(19-15-28)22-26-20-29(36-17-6-9-31(36)32(38)39)21-30(26)25-7-4-3-5-8-25/h3-5,7-8,10-13,26,28-31H,2,6,9,14-23H2,1H3,(H,38,39)/t26-,29?,30-,31+/m1/s1. The van der Waals surface area contributed by atoms with Gasteiger partial charge in [-0.05, 0) is 86.6 Å². The molecule has 222 valence electrons. The molecule has 2 heterocycles. The van der Waals surface area contributed by atoms with Gasteiger partial charge in [0, 0.05) is 38.3 Å². The highest BCUT2D eigenvalue weighted by atomic mass is 19.1. The van der Waals surface area contributed by atoms with Gasteiger partial charge in [0.05, 0.1) is 0 Å². The molecule has 2 aromatic rings. The van der Waals surface area contributed by atoms with Crippen LogP contribution in [0.5, 0.6) is 0 Å². The van der Waals surface area contributed by atoms with Gasteiger partial charge in [0.15, 0.2) is 0 Å². The van der Waals surface area contributed by atoms with E-state index in [2.05, 4.69) is 47.1 Å². The minimum Gasteiger partial charge on any atom is -0.480 e. The first kappa shape index (κ1) is 29.5. The Bertz CT molecular complexity index is 1140. The number of likely N-dealkylation sites (tertiary alicyclic amines) is 2. The van der Waals surface area contributed by atoms with Crippen molar-refractivity contribution in [1.82, 2.24) is 14.7 Å². The molecule has 2 aliphatic heterocycles. The molecule has 8 heteroatoms. The fourth-order valence-corrected chi connectivity index (χ4v) is 7.39. The molecule has 5 rings (SSSR count). The van der Waals surface area contributed by atoms with E-state index in [1.807, 2.05) is 4.90 Å². The van der Waals surface area contributed by atoms with Crippen LogP contribution in [-0.4, -0.2) is 82.7 Å². The number of hydrogen-bond acceptors (Lipinski definition) is 5. The molecule has 1 N–H and O–H groups in total. The van der Waals surface area contributed by atoms with E-state index in [9.17, 15) is 19.1 Å². The van der Waals surface area contributed by atoms with Gasteiger partial charge in [-0.3, -0.25) is 9.69 Å². The number of benzene rings is 2. The number of carboxylic acid groups (broad SMARTS) is 1. The van der Waals surface area contributed by atoms with E-state index in [4.69, 9.17) is 4.74 Å². The number of carbonyl (C=O) groups excluding carboxylic acids is 1. The first-order valence-corrected chi connectivity index (χ1v) is 15.4. The second kappa shape index (κ2) is 13.8. The van der Waals surface area contributed by atoms with Crippen molar-refractivity contribution >= 4 is 12.1 Å². The monoisotopic (exact) mass is 565 g/mol. The molecule has 0 bridgehead atoms. The molecule has 41 heavy (non-hydrogen) atoms. The lowest BCUT2D eigenvalue weighted by atomic mass is 9.88. The predicted molar refractivity (Wildman–Crippen MR) is 156 cm³/mol. The Morgan fingerprint density at radius 3 is 2.41 bits per heavy atom. The molecule has 0 radical (unpaired) electrons. The second-order valence-corrected chi connectivity index (χ2v) is 12.0. The maximum atomic E-state index is 13.2. The fourth-order valence-electron chi connectivity index (χ4n) is 7.39. The first-order valence-electron chi connectivity index (χ1n) is 15.4. The molecule has 1 saturated carbocycles. The molecule has 2 saturated heterocycles. The van der Waals surface area contributed by atoms with E-state index >= 15 is 0 Å². The van der Waals surface area contributed by atoms with Crippen molar-refractivity contribution < 1.29 is 23.8 Å². The van der Waals surface area contributed by atoms with Crippen molar-refractivity contribution in [2.75, 3.05) is 32.7 Å². The van der Waals surface area contributed by atoms with Crippen molar-refractivity contribution in [2.45, 2.75) is 82.5 Å². The maximum Gasteiger partial charge on any atom is 0.410 e. The van der Waals surface area contributed by atoms with Crippen LogP contribution in [0.1, 0.15) is 68.9 Å². The van der Waals surface area contributed by atoms with Crippen LogP contribution in [-0.2, 0) is 16.1 Å². The van der Waals surface area contributed by atoms with Crippen LogP contribution in [0, 0.1) is 11.7 Å². The number of halogens is 1. The highest BCUT2D eigenvalue weighted by Crippen LogP contribution is 2.44. The smallest absolute Gasteiger partial charge is 0.410 e. The molecular weight excluding hydrogens is 521 g/mol. The lowest BCUT2D eigenvalue weighted by Crippen LogP contribution is -2.48. The molecule has 0 spiro atoms.